The number of aromatic amines is 1. The van der Waals surface area contributed by atoms with Crippen LogP contribution in [0.4, 0.5) is 0 Å². The minimum absolute atomic E-state index is 0.0430. The summed E-state index contributed by atoms with van der Waals surface area (Å²) in [5.41, 5.74) is 4.29. The van der Waals surface area contributed by atoms with Gasteiger partial charge in [0.25, 0.3) is 5.56 Å². The van der Waals surface area contributed by atoms with E-state index in [1.165, 1.54) is 11.3 Å². The zero-order valence-corrected chi connectivity index (χ0v) is 21.8. The molecule has 0 aliphatic heterocycles. The zero-order chi connectivity index (χ0) is 26.6. The minimum atomic E-state index is -0.327. The van der Waals surface area contributed by atoms with Crippen molar-refractivity contribution in [2.75, 3.05) is 0 Å². The van der Waals surface area contributed by atoms with Gasteiger partial charge < -0.3 is 19.6 Å². The summed E-state index contributed by atoms with van der Waals surface area (Å²) in [4.78, 5) is 16.5. The summed E-state index contributed by atoms with van der Waals surface area (Å²) in [6.07, 6.45) is 0. The van der Waals surface area contributed by atoms with Gasteiger partial charge in [0.1, 0.15) is 35.3 Å². The molecule has 2 heterocycles. The molecule has 0 aliphatic carbocycles. The number of pyridine rings is 1. The molecule has 0 aliphatic rings. The summed E-state index contributed by atoms with van der Waals surface area (Å²) in [6.45, 7) is 0.813. The number of rotatable bonds is 8. The quantitative estimate of drug-likeness (QED) is 0.210. The summed E-state index contributed by atoms with van der Waals surface area (Å²) in [6, 6.07) is 34.9. The summed E-state index contributed by atoms with van der Waals surface area (Å²) in [7, 11) is 0. The number of aromatic hydroxyl groups is 1. The largest absolute Gasteiger partial charge is 0.506 e. The zero-order valence-electron chi connectivity index (χ0n) is 21.0. The molecule has 4 aromatic carbocycles. The maximum Gasteiger partial charge on any atom is 0.260 e. The normalized spacial score (nSPS) is 11.0. The molecule has 6 heteroatoms. The average Bonchev–Trinajstić information content (AvgIpc) is 3.41. The molecule has 2 aromatic heterocycles. The van der Waals surface area contributed by atoms with Gasteiger partial charge in [0, 0.05) is 17.0 Å². The SMILES string of the molecule is O=c1[nH]c2scc(-c3cc(OCc4ccccc4)cc(OCc4ccccc4)c3)c2c(O)c1-c1ccccc1. The molecule has 0 spiro atoms. The van der Waals surface area contributed by atoms with Crippen LogP contribution in [0, 0.1) is 0 Å². The Morgan fingerprint density at radius 3 is 1.79 bits per heavy atom. The molecule has 6 rings (SSSR count). The standard InChI is InChI=1S/C33H25NO4S/c35-31-29(24-14-8-3-9-15-24)32(36)34-33-30(31)28(21-39-33)25-16-26(37-19-22-10-4-1-5-11-22)18-27(17-25)38-20-23-12-6-2-7-13-23/h1-18,21H,19-20H2,(H2,34,35,36). The minimum Gasteiger partial charge on any atom is -0.506 e. The van der Waals surface area contributed by atoms with Crippen LogP contribution in [-0.2, 0) is 13.2 Å². The second-order valence-electron chi connectivity index (χ2n) is 9.14. The van der Waals surface area contributed by atoms with Crippen molar-refractivity contribution in [2.45, 2.75) is 13.2 Å². The molecule has 0 amide bonds. The first-order chi connectivity index (χ1) is 19.2. The molecule has 0 fully saturated rings. The first-order valence-electron chi connectivity index (χ1n) is 12.6. The van der Waals surface area contributed by atoms with Crippen molar-refractivity contribution in [1.82, 2.24) is 4.98 Å². The number of H-pyrrole nitrogens is 1. The van der Waals surface area contributed by atoms with Crippen molar-refractivity contribution < 1.29 is 14.6 Å². The third-order valence-corrected chi connectivity index (χ3v) is 7.36. The molecule has 0 saturated carbocycles. The van der Waals surface area contributed by atoms with E-state index < -0.39 is 0 Å². The van der Waals surface area contributed by atoms with Crippen LogP contribution in [0.2, 0.25) is 0 Å². The molecule has 0 bridgehead atoms. The van der Waals surface area contributed by atoms with Gasteiger partial charge in [-0.1, -0.05) is 91.0 Å². The lowest BCUT2D eigenvalue weighted by molar-refractivity contribution is 0.290. The number of aromatic nitrogens is 1. The third kappa shape index (κ3) is 5.28. The average molecular weight is 532 g/mol. The van der Waals surface area contributed by atoms with Gasteiger partial charge in [0.05, 0.1) is 10.9 Å². The Hall–Kier alpha value is -4.81. The molecule has 0 atom stereocenters. The lowest BCUT2D eigenvalue weighted by atomic mass is 10.0. The van der Waals surface area contributed by atoms with Gasteiger partial charge in [-0.05, 0) is 34.4 Å². The predicted octanol–water partition coefficient (Wildman–Crippen LogP) is 7.79. The van der Waals surface area contributed by atoms with E-state index in [-0.39, 0.29) is 16.9 Å². The first-order valence-corrected chi connectivity index (χ1v) is 13.4. The molecule has 5 nitrogen and oxygen atoms in total. The Morgan fingerprint density at radius 1 is 0.692 bits per heavy atom. The summed E-state index contributed by atoms with van der Waals surface area (Å²) in [5.74, 6) is 1.25. The van der Waals surface area contributed by atoms with Crippen molar-refractivity contribution in [1.29, 1.82) is 0 Å². The Balaban J connectivity index is 1.42. The highest BCUT2D eigenvalue weighted by molar-refractivity contribution is 7.17. The molecular formula is C33H25NO4S. The predicted molar refractivity (Wildman–Crippen MR) is 157 cm³/mol. The fourth-order valence-corrected chi connectivity index (χ4v) is 5.51. The van der Waals surface area contributed by atoms with E-state index in [2.05, 4.69) is 4.98 Å². The van der Waals surface area contributed by atoms with Crippen LogP contribution in [0.1, 0.15) is 11.1 Å². The Kier molecular flexibility index (Phi) is 6.85. The topological polar surface area (TPSA) is 71.6 Å². The van der Waals surface area contributed by atoms with Crippen molar-refractivity contribution in [2.24, 2.45) is 0 Å². The van der Waals surface area contributed by atoms with E-state index in [1.807, 2.05) is 115 Å². The highest BCUT2D eigenvalue weighted by Gasteiger charge is 2.20. The Labute approximate surface area is 229 Å². The fourth-order valence-electron chi connectivity index (χ4n) is 4.54. The van der Waals surface area contributed by atoms with Gasteiger partial charge >= 0.3 is 0 Å². The van der Waals surface area contributed by atoms with E-state index in [4.69, 9.17) is 9.47 Å². The van der Waals surface area contributed by atoms with E-state index in [9.17, 15) is 9.90 Å². The van der Waals surface area contributed by atoms with Crippen LogP contribution < -0.4 is 15.0 Å². The lowest BCUT2D eigenvalue weighted by Crippen LogP contribution is -2.08. The smallest absolute Gasteiger partial charge is 0.260 e. The monoisotopic (exact) mass is 531 g/mol. The van der Waals surface area contributed by atoms with Crippen molar-refractivity contribution in [3.63, 3.8) is 0 Å². The maximum absolute atomic E-state index is 12.9. The van der Waals surface area contributed by atoms with E-state index >= 15 is 0 Å². The first kappa shape index (κ1) is 24.5. The van der Waals surface area contributed by atoms with Crippen LogP contribution in [0.3, 0.4) is 0 Å². The highest BCUT2D eigenvalue weighted by Crippen LogP contribution is 2.43. The molecular weight excluding hydrogens is 506 g/mol. The molecule has 192 valence electrons. The number of ether oxygens (including phenoxy) is 2. The lowest BCUT2D eigenvalue weighted by Gasteiger charge is -2.13. The van der Waals surface area contributed by atoms with Crippen molar-refractivity contribution in [3.05, 3.63) is 136 Å². The van der Waals surface area contributed by atoms with Gasteiger partial charge in [-0.3, -0.25) is 4.79 Å². The number of benzene rings is 4. The molecule has 0 saturated heterocycles. The van der Waals surface area contributed by atoms with E-state index in [0.29, 0.717) is 40.5 Å². The molecule has 2 N–H and O–H groups in total. The van der Waals surface area contributed by atoms with Crippen LogP contribution in [0.15, 0.2) is 119 Å². The number of nitrogens with one attached hydrogen (secondary N) is 1. The second-order valence-corrected chi connectivity index (χ2v) is 10.0. The second kappa shape index (κ2) is 10.9. The van der Waals surface area contributed by atoms with Crippen LogP contribution in [0.5, 0.6) is 17.2 Å². The maximum atomic E-state index is 12.9. The molecule has 39 heavy (non-hydrogen) atoms. The van der Waals surface area contributed by atoms with Crippen LogP contribution in [-0.4, -0.2) is 10.1 Å². The summed E-state index contributed by atoms with van der Waals surface area (Å²) in [5, 5.41) is 13.9. The summed E-state index contributed by atoms with van der Waals surface area (Å²) >= 11 is 1.38. The number of hydrogen-bond acceptors (Lipinski definition) is 5. The third-order valence-electron chi connectivity index (χ3n) is 6.47. The molecule has 6 aromatic rings. The van der Waals surface area contributed by atoms with Gasteiger partial charge in [-0.15, -0.1) is 11.3 Å². The molecule has 0 radical (unpaired) electrons. The fraction of sp³-hybridized carbons (Fsp3) is 0.0606. The number of hydrogen-bond donors (Lipinski definition) is 2. The summed E-state index contributed by atoms with van der Waals surface area (Å²) < 4.78 is 12.4. The van der Waals surface area contributed by atoms with Gasteiger partial charge in [-0.25, -0.2) is 0 Å². The molecule has 0 unspecified atom stereocenters. The van der Waals surface area contributed by atoms with Crippen molar-refractivity contribution in [3.8, 4) is 39.5 Å². The van der Waals surface area contributed by atoms with Crippen LogP contribution >= 0.6 is 11.3 Å². The van der Waals surface area contributed by atoms with E-state index in [1.54, 1.807) is 0 Å². The Morgan fingerprint density at radius 2 is 1.23 bits per heavy atom. The number of fused-ring (bicyclic) bond motifs is 1. The Bertz CT molecular complexity index is 1720. The van der Waals surface area contributed by atoms with E-state index in [0.717, 1.165) is 22.3 Å². The van der Waals surface area contributed by atoms with Gasteiger partial charge in [0.2, 0.25) is 0 Å². The van der Waals surface area contributed by atoms with Gasteiger partial charge in [-0.2, -0.15) is 0 Å². The van der Waals surface area contributed by atoms with Gasteiger partial charge in [0.15, 0.2) is 0 Å². The van der Waals surface area contributed by atoms with Crippen LogP contribution in [0.25, 0.3) is 32.5 Å². The highest BCUT2D eigenvalue weighted by atomic mass is 32.1. The van der Waals surface area contributed by atoms with Crippen molar-refractivity contribution >= 4 is 21.6 Å². The number of thiophene rings is 1.